The minimum absolute atomic E-state index is 0.000469. The summed E-state index contributed by atoms with van der Waals surface area (Å²) in [7, 11) is 0. The van der Waals surface area contributed by atoms with Crippen molar-refractivity contribution in [3.8, 4) is 0 Å². The summed E-state index contributed by atoms with van der Waals surface area (Å²) in [5.41, 5.74) is 0. The summed E-state index contributed by atoms with van der Waals surface area (Å²) < 4.78 is 5.48. The van der Waals surface area contributed by atoms with Gasteiger partial charge in [-0.2, -0.15) is 0 Å². The molecule has 0 aromatic heterocycles. The molecule has 0 radical (unpaired) electrons. The molecule has 0 saturated carbocycles. The number of ether oxygens (including phenoxy) is 1. The summed E-state index contributed by atoms with van der Waals surface area (Å²) >= 11 is 0. The van der Waals surface area contributed by atoms with E-state index in [0.717, 1.165) is 51.4 Å². The summed E-state index contributed by atoms with van der Waals surface area (Å²) in [6.07, 6.45) is 80.1. The molecule has 0 aliphatic carbocycles. The van der Waals surface area contributed by atoms with Crippen LogP contribution in [0, 0.1) is 0 Å². The Bertz CT molecular complexity index is 1230. The summed E-state index contributed by atoms with van der Waals surface area (Å²) in [6, 6.07) is -0.633. The molecule has 0 aliphatic rings. The van der Waals surface area contributed by atoms with Crippen molar-refractivity contribution >= 4 is 11.9 Å². The summed E-state index contributed by atoms with van der Waals surface area (Å²) in [4.78, 5) is 24.5. The van der Waals surface area contributed by atoms with Gasteiger partial charge in [0.25, 0.3) is 0 Å². The SMILES string of the molecule is CCCCCCCC/C=C\CCCCCCCC(=O)OCCCCCCCCCCC/C=C\C/C=C\CCCCCCCCCCCC(=O)NC(CO)C(O)/C=C/CCCCCCCCCCCCCCCC. The molecule has 0 aromatic rings. The first-order chi connectivity index (χ1) is 36.0. The first kappa shape index (κ1) is 70.8. The average Bonchev–Trinajstić information content (AvgIpc) is 3.39. The van der Waals surface area contributed by atoms with Crippen molar-refractivity contribution in [2.75, 3.05) is 13.2 Å². The average molecular weight is 1020 g/mol. The fourth-order valence-corrected chi connectivity index (χ4v) is 9.84. The molecular formula is C67H125NO5. The Labute approximate surface area is 455 Å². The van der Waals surface area contributed by atoms with E-state index in [9.17, 15) is 19.8 Å². The topological polar surface area (TPSA) is 95.9 Å². The van der Waals surface area contributed by atoms with E-state index < -0.39 is 12.1 Å². The lowest BCUT2D eigenvalue weighted by molar-refractivity contribution is -0.143. The normalized spacial score (nSPS) is 12.9. The molecule has 0 bridgehead atoms. The maximum Gasteiger partial charge on any atom is 0.305 e. The van der Waals surface area contributed by atoms with Gasteiger partial charge in [-0.3, -0.25) is 9.59 Å². The fourth-order valence-electron chi connectivity index (χ4n) is 9.84. The molecule has 6 nitrogen and oxygen atoms in total. The van der Waals surface area contributed by atoms with Crippen molar-refractivity contribution in [2.45, 2.75) is 353 Å². The highest BCUT2D eigenvalue weighted by molar-refractivity contribution is 5.76. The molecule has 2 unspecified atom stereocenters. The van der Waals surface area contributed by atoms with Crippen molar-refractivity contribution in [3.63, 3.8) is 0 Å². The van der Waals surface area contributed by atoms with Gasteiger partial charge in [-0.25, -0.2) is 0 Å². The molecular weight excluding hydrogens is 899 g/mol. The standard InChI is InChI=1S/C67H125NO5/c1-3-5-7-9-11-13-15-17-19-32-35-39-43-47-51-55-59-65(70)64(63-69)68-66(71)60-56-52-48-44-40-36-33-29-27-25-23-21-20-22-24-26-28-30-34-38-42-46-50-54-58-62-73-67(72)61-57-53-49-45-41-37-31-18-16-14-12-10-8-6-4-2/h18,21-24,31,55,59,64-65,69-70H,3-17,19-20,25-30,32-54,56-58,60-63H2,1-2H3,(H,68,71)/b23-21-,24-22-,31-18-,59-55+. The third-order valence-electron chi connectivity index (χ3n) is 14.8. The Morgan fingerprint density at radius 3 is 1.05 bits per heavy atom. The molecule has 0 aromatic carbocycles. The van der Waals surface area contributed by atoms with Crippen LogP contribution in [0.2, 0.25) is 0 Å². The number of rotatable bonds is 60. The number of aliphatic hydroxyl groups is 2. The Hall–Kier alpha value is -2.18. The van der Waals surface area contributed by atoms with E-state index in [1.165, 1.54) is 263 Å². The molecule has 3 N–H and O–H groups in total. The zero-order chi connectivity index (χ0) is 52.9. The largest absolute Gasteiger partial charge is 0.466 e. The van der Waals surface area contributed by atoms with Gasteiger partial charge in [-0.05, 0) is 89.9 Å². The Morgan fingerprint density at radius 1 is 0.384 bits per heavy atom. The lowest BCUT2D eigenvalue weighted by Crippen LogP contribution is -2.45. The highest BCUT2D eigenvalue weighted by Gasteiger charge is 2.18. The lowest BCUT2D eigenvalue weighted by Gasteiger charge is -2.20. The van der Waals surface area contributed by atoms with Crippen LogP contribution in [0.25, 0.3) is 0 Å². The minimum Gasteiger partial charge on any atom is -0.466 e. The quantitative estimate of drug-likeness (QED) is 0.0320. The van der Waals surface area contributed by atoms with E-state index in [1.807, 2.05) is 6.08 Å². The highest BCUT2D eigenvalue weighted by Crippen LogP contribution is 2.17. The van der Waals surface area contributed by atoms with Gasteiger partial charge in [0.2, 0.25) is 5.91 Å². The van der Waals surface area contributed by atoms with Crippen LogP contribution in [-0.2, 0) is 14.3 Å². The second-order valence-corrected chi connectivity index (χ2v) is 22.1. The van der Waals surface area contributed by atoms with Gasteiger partial charge in [0, 0.05) is 12.8 Å². The van der Waals surface area contributed by atoms with E-state index in [2.05, 4.69) is 55.6 Å². The van der Waals surface area contributed by atoms with Crippen molar-refractivity contribution in [1.29, 1.82) is 0 Å². The predicted octanol–water partition coefficient (Wildman–Crippen LogP) is 20.5. The Morgan fingerprint density at radius 2 is 0.685 bits per heavy atom. The van der Waals surface area contributed by atoms with Gasteiger partial charge in [0.15, 0.2) is 0 Å². The van der Waals surface area contributed by atoms with Crippen LogP contribution in [0.15, 0.2) is 48.6 Å². The van der Waals surface area contributed by atoms with E-state index in [4.69, 9.17) is 4.74 Å². The number of amides is 1. The van der Waals surface area contributed by atoms with Gasteiger partial charge >= 0.3 is 5.97 Å². The lowest BCUT2D eigenvalue weighted by atomic mass is 10.0. The Kier molecular flexibility index (Phi) is 60.5. The molecule has 0 saturated heterocycles. The first-order valence-corrected chi connectivity index (χ1v) is 32.4. The van der Waals surface area contributed by atoms with Gasteiger partial charge in [0.05, 0.1) is 25.4 Å². The molecule has 0 fully saturated rings. The molecule has 0 spiro atoms. The van der Waals surface area contributed by atoms with Crippen molar-refractivity contribution in [2.24, 2.45) is 0 Å². The van der Waals surface area contributed by atoms with Crippen LogP contribution in [0.4, 0.5) is 0 Å². The third kappa shape index (κ3) is 58.9. The number of allylic oxidation sites excluding steroid dienone is 7. The predicted molar refractivity (Wildman–Crippen MR) is 319 cm³/mol. The van der Waals surface area contributed by atoms with Crippen LogP contribution in [-0.4, -0.2) is 47.4 Å². The van der Waals surface area contributed by atoms with E-state index in [1.54, 1.807) is 6.08 Å². The molecule has 0 rings (SSSR count). The molecule has 6 heteroatoms. The van der Waals surface area contributed by atoms with Crippen LogP contribution >= 0.6 is 0 Å². The van der Waals surface area contributed by atoms with Crippen LogP contribution in [0.5, 0.6) is 0 Å². The van der Waals surface area contributed by atoms with Gasteiger partial charge < -0.3 is 20.3 Å². The molecule has 428 valence electrons. The molecule has 1 amide bonds. The zero-order valence-electron chi connectivity index (χ0n) is 48.9. The fraction of sp³-hybridized carbons (Fsp3) is 0.851. The number of hydrogen-bond acceptors (Lipinski definition) is 5. The second kappa shape index (κ2) is 62.4. The second-order valence-electron chi connectivity index (χ2n) is 22.1. The summed E-state index contributed by atoms with van der Waals surface area (Å²) in [6.45, 7) is 4.90. The molecule has 0 heterocycles. The number of unbranched alkanes of at least 4 members (excludes halogenated alkanes) is 43. The van der Waals surface area contributed by atoms with Crippen molar-refractivity contribution in [1.82, 2.24) is 5.32 Å². The first-order valence-electron chi connectivity index (χ1n) is 32.4. The maximum absolute atomic E-state index is 12.5. The molecule has 73 heavy (non-hydrogen) atoms. The Balaban J connectivity index is 3.46. The number of carbonyl (C=O) groups is 2. The maximum atomic E-state index is 12.5. The van der Waals surface area contributed by atoms with Crippen LogP contribution < -0.4 is 5.32 Å². The number of aliphatic hydroxyl groups excluding tert-OH is 2. The number of esters is 1. The number of carbonyl (C=O) groups excluding carboxylic acids is 2. The minimum atomic E-state index is -0.849. The number of hydrogen-bond donors (Lipinski definition) is 3. The number of nitrogens with one attached hydrogen (secondary N) is 1. The van der Waals surface area contributed by atoms with Crippen LogP contribution in [0.1, 0.15) is 341 Å². The van der Waals surface area contributed by atoms with E-state index in [0.29, 0.717) is 19.4 Å². The molecule has 0 aliphatic heterocycles. The molecule has 2 atom stereocenters. The summed E-state index contributed by atoms with van der Waals surface area (Å²) in [5.74, 6) is -0.0726. The smallest absolute Gasteiger partial charge is 0.305 e. The monoisotopic (exact) mass is 1020 g/mol. The van der Waals surface area contributed by atoms with E-state index in [-0.39, 0.29) is 18.5 Å². The van der Waals surface area contributed by atoms with Gasteiger partial charge in [-0.15, -0.1) is 0 Å². The summed E-state index contributed by atoms with van der Waals surface area (Å²) in [5, 5.41) is 23.1. The van der Waals surface area contributed by atoms with Gasteiger partial charge in [0.1, 0.15) is 0 Å². The zero-order valence-corrected chi connectivity index (χ0v) is 48.9. The van der Waals surface area contributed by atoms with Crippen molar-refractivity contribution in [3.05, 3.63) is 48.6 Å². The van der Waals surface area contributed by atoms with Crippen molar-refractivity contribution < 1.29 is 24.5 Å². The highest BCUT2D eigenvalue weighted by atomic mass is 16.5. The van der Waals surface area contributed by atoms with E-state index >= 15 is 0 Å². The third-order valence-corrected chi connectivity index (χ3v) is 14.8. The van der Waals surface area contributed by atoms with Gasteiger partial charge in [-0.1, -0.05) is 287 Å². The van der Waals surface area contributed by atoms with Crippen LogP contribution in [0.3, 0.4) is 0 Å².